The largest absolute Gasteiger partial charge is 0.0655 e. The number of hydrogen-bond donors (Lipinski definition) is 0. The lowest BCUT2D eigenvalue weighted by Gasteiger charge is -2.27. The van der Waals surface area contributed by atoms with Crippen LogP contribution in [-0.4, -0.2) is 0 Å². The summed E-state index contributed by atoms with van der Waals surface area (Å²) in [6.07, 6.45) is 3.47. The third-order valence-electron chi connectivity index (χ3n) is 6.16. The highest BCUT2D eigenvalue weighted by Crippen LogP contribution is 2.44. The van der Waals surface area contributed by atoms with E-state index in [1.165, 1.54) is 44.5 Å². The van der Waals surface area contributed by atoms with Crippen molar-refractivity contribution < 1.29 is 0 Å². The van der Waals surface area contributed by atoms with Gasteiger partial charge in [0, 0.05) is 5.92 Å². The van der Waals surface area contributed by atoms with E-state index in [1.807, 2.05) is 0 Å². The lowest BCUT2D eigenvalue weighted by Crippen LogP contribution is -2.16. The molecule has 0 heterocycles. The molecule has 0 saturated carbocycles. The average Bonchev–Trinajstić information content (AvgIpc) is 2.86. The summed E-state index contributed by atoms with van der Waals surface area (Å²) in [5.74, 6) is 0.497. The van der Waals surface area contributed by atoms with Gasteiger partial charge in [-0.05, 0) is 63.1 Å². The Morgan fingerprint density at radius 2 is 1.37 bits per heavy atom. The summed E-state index contributed by atoms with van der Waals surface area (Å²) in [4.78, 5) is 0. The van der Waals surface area contributed by atoms with Crippen LogP contribution in [0, 0.1) is 0 Å². The second-order valence-corrected chi connectivity index (χ2v) is 10.4. The average molecular weight is 361 g/mol. The van der Waals surface area contributed by atoms with Crippen LogP contribution in [0.15, 0.2) is 35.9 Å². The van der Waals surface area contributed by atoms with Crippen molar-refractivity contribution >= 4 is 6.08 Å². The van der Waals surface area contributed by atoms with Crippen LogP contribution in [0.2, 0.25) is 0 Å². The van der Waals surface area contributed by atoms with Crippen LogP contribution in [0.5, 0.6) is 0 Å². The van der Waals surface area contributed by atoms with Crippen molar-refractivity contribution in [3.63, 3.8) is 0 Å². The quantitative estimate of drug-likeness (QED) is 0.508. The molecule has 0 N–H and O–H groups in total. The molecule has 1 aliphatic rings. The Labute approximate surface area is 166 Å². The number of hydrogen-bond acceptors (Lipinski definition) is 0. The van der Waals surface area contributed by atoms with E-state index >= 15 is 0 Å². The first-order valence-corrected chi connectivity index (χ1v) is 10.4. The molecule has 1 unspecified atom stereocenters. The van der Waals surface area contributed by atoms with Gasteiger partial charge in [-0.15, -0.1) is 0 Å². The lowest BCUT2D eigenvalue weighted by atomic mass is 9.78. The zero-order chi connectivity index (χ0) is 20.1. The van der Waals surface area contributed by atoms with Gasteiger partial charge in [0.25, 0.3) is 0 Å². The summed E-state index contributed by atoms with van der Waals surface area (Å²) in [6, 6.07) is 12.1. The van der Waals surface area contributed by atoms with Gasteiger partial charge >= 0.3 is 0 Å². The van der Waals surface area contributed by atoms with Crippen molar-refractivity contribution in [3.8, 4) is 11.1 Å². The van der Waals surface area contributed by atoms with Crippen molar-refractivity contribution in [1.82, 2.24) is 0 Å². The summed E-state index contributed by atoms with van der Waals surface area (Å²) in [7, 11) is 0. The smallest absolute Gasteiger partial charge is 0.00324 e. The molecular formula is C27H36. The van der Waals surface area contributed by atoms with Gasteiger partial charge in [-0.1, -0.05) is 97.4 Å². The Bertz CT molecular complexity index is 863. The first-order chi connectivity index (χ1) is 12.4. The first-order valence-electron chi connectivity index (χ1n) is 10.4. The van der Waals surface area contributed by atoms with Crippen LogP contribution in [0.3, 0.4) is 0 Å². The predicted molar refractivity (Wildman–Crippen MR) is 121 cm³/mol. The Balaban J connectivity index is 2.31. The molecular weight excluding hydrogens is 324 g/mol. The van der Waals surface area contributed by atoms with Gasteiger partial charge in [-0.25, -0.2) is 0 Å². The van der Waals surface area contributed by atoms with Crippen LogP contribution >= 0.6 is 0 Å². The third-order valence-corrected chi connectivity index (χ3v) is 6.16. The van der Waals surface area contributed by atoms with Gasteiger partial charge in [-0.2, -0.15) is 0 Å². The van der Waals surface area contributed by atoms with Gasteiger partial charge in [-0.3, -0.25) is 0 Å². The number of benzene rings is 2. The van der Waals surface area contributed by atoms with E-state index in [4.69, 9.17) is 0 Å². The van der Waals surface area contributed by atoms with Crippen molar-refractivity contribution in [2.24, 2.45) is 0 Å². The molecule has 0 radical (unpaired) electrons. The van der Waals surface area contributed by atoms with Crippen molar-refractivity contribution in [2.45, 2.75) is 85.5 Å². The van der Waals surface area contributed by atoms with Crippen LogP contribution in [0.25, 0.3) is 17.2 Å². The van der Waals surface area contributed by atoms with E-state index in [2.05, 4.69) is 98.7 Å². The van der Waals surface area contributed by atoms with Crippen molar-refractivity contribution in [1.29, 1.82) is 0 Å². The van der Waals surface area contributed by atoms with Crippen molar-refractivity contribution in [3.05, 3.63) is 63.7 Å². The maximum Gasteiger partial charge on any atom is 0.00324 e. The topological polar surface area (TPSA) is 0 Å². The second kappa shape index (κ2) is 6.66. The molecule has 0 nitrogen and oxygen atoms in total. The molecule has 0 aromatic heterocycles. The first kappa shape index (κ1) is 19.9. The molecule has 27 heavy (non-hydrogen) atoms. The minimum absolute atomic E-state index is 0.140. The summed E-state index contributed by atoms with van der Waals surface area (Å²) < 4.78 is 0. The molecule has 2 aromatic rings. The van der Waals surface area contributed by atoms with Crippen LogP contribution in [0.4, 0.5) is 0 Å². The van der Waals surface area contributed by atoms with Gasteiger partial charge in [0.05, 0.1) is 0 Å². The fraction of sp³-hybridized carbons (Fsp3) is 0.481. The zero-order valence-corrected chi connectivity index (χ0v) is 18.7. The molecule has 0 heteroatoms. The number of rotatable bonds is 2. The maximum atomic E-state index is 2.44. The number of allylic oxidation sites excluding steroid dienone is 1. The van der Waals surface area contributed by atoms with Crippen LogP contribution < -0.4 is 0 Å². The van der Waals surface area contributed by atoms with Crippen LogP contribution in [-0.2, 0) is 17.3 Å². The molecule has 0 fully saturated rings. The fourth-order valence-electron chi connectivity index (χ4n) is 4.03. The molecule has 144 valence electrons. The van der Waals surface area contributed by atoms with Gasteiger partial charge in [0.15, 0.2) is 0 Å². The summed E-state index contributed by atoms with van der Waals surface area (Å²) in [6.45, 7) is 20.8. The molecule has 1 aliphatic carbocycles. The molecule has 2 aromatic carbocycles. The molecule has 0 aliphatic heterocycles. The molecule has 0 amide bonds. The fourth-order valence-corrected chi connectivity index (χ4v) is 4.03. The maximum absolute atomic E-state index is 2.44. The Morgan fingerprint density at radius 3 is 1.85 bits per heavy atom. The van der Waals surface area contributed by atoms with E-state index < -0.39 is 0 Å². The van der Waals surface area contributed by atoms with Crippen molar-refractivity contribution in [2.75, 3.05) is 0 Å². The Morgan fingerprint density at radius 1 is 0.815 bits per heavy atom. The Kier molecular flexibility index (Phi) is 4.91. The predicted octanol–water partition coefficient (Wildman–Crippen LogP) is 8.03. The van der Waals surface area contributed by atoms with Crippen LogP contribution in [0.1, 0.15) is 96.0 Å². The minimum Gasteiger partial charge on any atom is -0.0655 e. The number of fused-ring (bicyclic) bond motifs is 1. The molecule has 0 bridgehead atoms. The minimum atomic E-state index is 0.140. The third kappa shape index (κ3) is 3.77. The van der Waals surface area contributed by atoms with Gasteiger partial charge in [0.1, 0.15) is 0 Å². The summed E-state index contributed by atoms with van der Waals surface area (Å²) in [5, 5.41) is 0. The van der Waals surface area contributed by atoms with E-state index in [-0.39, 0.29) is 10.8 Å². The summed E-state index contributed by atoms with van der Waals surface area (Å²) >= 11 is 0. The zero-order valence-electron chi connectivity index (χ0n) is 18.7. The van der Waals surface area contributed by atoms with Gasteiger partial charge in [0.2, 0.25) is 0 Å². The number of aryl methyl sites for hydroxylation is 1. The monoisotopic (exact) mass is 360 g/mol. The SMILES string of the molecule is CCc1cc2c(c(-c3cc(C(C)(C)C)cc(C(C)(C)C)c3)c1)C(C)C(C)=C2. The summed E-state index contributed by atoms with van der Waals surface area (Å²) in [5.41, 5.74) is 11.8. The molecule has 0 saturated heterocycles. The normalized spacial score (nSPS) is 17.1. The molecule has 3 rings (SSSR count). The molecule has 1 atom stereocenters. The van der Waals surface area contributed by atoms with E-state index in [1.54, 1.807) is 0 Å². The molecule has 0 spiro atoms. The second-order valence-electron chi connectivity index (χ2n) is 10.4. The van der Waals surface area contributed by atoms with E-state index in [9.17, 15) is 0 Å². The standard InChI is InChI=1S/C27H36/c1-10-19-12-21-11-17(2)18(3)25(21)24(13-19)20-14-22(26(4,5)6)16-23(15-20)27(7,8)9/h11-16,18H,10H2,1-9H3. The van der Waals surface area contributed by atoms with Gasteiger partial charge < -0.3 is 0 Å². The van der Waals surface area contributed by atoms with E-state index in [0.717, 1.165) is 6.42 Å². The lowest BCUT2D eigenvalue weighted by molar-refractivity contribution is 0.569. The highest BCUT2D eigenvalue weighted by atomic mass is 14.3. The highest BCUT2D eigenvalue weighted by molar-refractivity contribution is 5.80. The highest BCUT2D eigenvalue weighted by Gasteiger charge is 2.26. The van der Waals surface area contributed by atoms with E-state index in [0.29, 0.717) is 5.92 Å². The Hall–Kier alpha value is -1.82.